The minimum absolute atomic E-state index is 0.190. The summed E-state index contributed by atoms with van der Waals surface area (Å²) in [4.78, 5) is 15.9. The first-order valence-corrected chi connectivity index (χ1v) is 7.31. The van der Waals surface area contributed by atoms with Gasteiger partial charge in [0, 0.05) is 34.2 Å². The number of nitrogens with one attached hydrogen (secondary N) is 2. The lowest BCUT2D eigenvalue weighted by Crippen LogP contribution is -2.24. The van der Waals surface area contributed by atoms with Crippen molar-refractivity contribution in [2.45, 2.75) is 13.3 Å². The molecule has 1 heterocycles. The molecule has 0 saturated heterocycles. The first kappa shape index (κ1) is 15.6. The molecule has 110 valence electrons. The highest BCUT2D eigenvalue weighted by atomic mass is 35.5. The molecule has 1 aromatic heterocycles. The zero-order chi connectivity index (χ0) is 15.2. The second-order valence-corrected chi connectivity index (χ2v) is 5.34. The molecule has 0 saturated carbocycles. The average Bonchev–Trinajstić information content (AvgIpc) is 2.44. The van der Waals surface area contributed by atoms with E-state index in [0.717, 1.165) is 17.8 Å². The first-order valence-electron chi connectivity index (χ1n) is 6.56. The number of pyridine rings is 1. The molecule has 0 atom stereocenters. The molecule has 0 spiro atoms. The van der Waals surface area contributed by atoms with Crippen molar-refractivity contribution in [2.75, 3.05) is 11.9 Å². The molecule has 0 aliphatic carbocycles. The molecule has 6 heteroatoms. The van der Waals surface area contributed by atoms with Crippen LogP contribution in [0.1, 0.15) is 23.8 Å². The Bertz CT molecular complexity index is 626. The molecule has 0 radical (unpaired) electrons. The largest absolute Gasteiger partial charge is 0.355 e. The molecule has 0 bridgehead atoms. The average molecular weight is 324 g/mol. The van der Waals surface area contributed by atoms with Gasteiger partial charge < -0.3 is 10.6 Å². The number of hydrogen-bond donors (Lipinski definition) is 2. The van der Waals surface area contributed by atoms with Crippen molar-refractivity contribution in [3.05, 3.63) is 52.3 Å². The third-order valence-corrected chi connectivity index (χ3v) is 3.12. The maximum Gasteiger partial charge on any atom is 0.269 e. The molecule has 1 aromatic carbocycles. The number of amides is 1. The summed E-state index contributed by atoms with van der Waals surface area (Å²) < 4.78 is 0. The van der Waals surface area contributed by atoms with Gasteiger partial charge in [-0.3, -0.25) is 9.78 Å². The van der Waals surface area contributed by atoms with Gasteiger partial charge in [-0.1, -0.05) is 30.1 Å². The van der Waals surface area contributed by atoms with Crippen molar-refractivity contribution < 1.29 is 4.79 Å². The van der Waals surface area contributed by atoms with E-state index >= 15 is 0 Å². The van der Waals surface area contributed by atoms with Crippen LogP contribution in [-0.4, -0.2) is 17.4 Å². The van der Waals surface area contributed by atoms with Gasteiger partial charge in [-0.2, -0.15) is 0 Å². The number of halogens is 2. The highest BCUT2D eigenvalue weighted by Crippen LogP contribution is 2.25. The van der Waals surface area contributed by atoms with Crippen LogP contribution < -0.4 is 10.6 Å². The Kier molecular flexibility index (Phi) is 5.42. The first-order chi connectivity index (χ1) is 10.1. The topological polar surface area (TPSA) is 54.0 Å². The summed E-state index contributed by atoms with van der Waals surface area (Å²) in [6, 6.07) is 8.62. The van der Waals surface area contributed by atoms with Crippen LogP contribution in [0.2, 0.25) is 10.0 Å². The lowest BCUT2D eigenvalue weighted by Gasteiger charge is -2.09. The molecule has 2 N–H and O–H groups in total. The van der Waals surface area contributed by atoms with E-state index < -0.39 is 0 Å². The second kappa shape index (κ2) is 7.29. The Morgan fingerprint density at radius 3 is 2.52 bits per heavy atom. The minimum Gasteiger partial charge on any atom is -0.355 e. The second-order valence-electron chi connectivity index (χ2n) is 4.47. The summed E-state index contributed by atoms with van der Waals surface area (Å²) in [6.45, 7) is 2.62. The third kappa shape index (κ3) is 4.62. The van der Waals surface area contributed by atoms with Gasteiger partial charge in [-0.05, 0) is 36.8 Å². The summed E-state index contributed by atoms with van der Waals surface area (Å²) >= 11 is 11.9. The van der Waals surface area contributed by atoms with Gasteiger partial charge in [-0.25, -0.2) is 0 Å². The fourth-order valence-electron chi connectivity index (χ4n) is 1.75. The highest BCUT2D eigenvalue weighted by molar-refractivity contribution is 6.35. The van der Waals surface area contributed by atoms with Crippen molar-refractivity contribution in [1.82, 2.24) is 10.3 Å². The van der Waals surface area contributed by atoms with Gasteiger partial charge in [0.1, 0.15) is 5.69 Å². The summed E-state index contributed by atoms with van der Waals surface area (Å²) in [5, 5.41) is 7.02. The highest BCUT2D eigenvalue weighted by Gasteiger charge is 2.07. The van der Waals surface area contributed by atoms with Gasteiger partial charge in [0.2, 0.25) is 0 Å². The van der Waals surface area contributed by atoms with E-state index in [-0.39, 0.29) is 5.91 Å². The number of carbonyl (C=O) groups excluding carboxylic acids is 1. The molecule has 0 fully saturated rings. The molecule has 2 aromatic rings. The number of hydrogen-bond acceptors (Lipinski definition) is 3. The molecule has 1 amide bonds. The van der Waals surface area contributed by atoms with Crippen molar-refractivity contribution in [2.24, 2.45) is 0 Å². The van der Waals surface area contributed by atoms with Crippen LogP contribution in [-0.2, 0) is 0 Å². The van der Waals surface area contributed by atoms with Crippen LogP contribution >= 0.6 is 23.2 Å². The van der Waals surface area contributed by atoms with Gasteiger partial charge in [0.05, 0.1) is 0 Å². The maximum atomic E-state index is 11.9. The number of benzene rings is 1. The Labute approximate surface area is 133 Å². The predicted octanol–water partition coefficient (Wildman–Crippen LogP) is 4.27. The number of rotatable bonds is 5. The Morgan fingerprint density at radius 2 is 1.86 bits per heavy atom. The number of nitrogens with zero attached hydrogens (tertiary/aromatic N) is 1. The molecule has 2 rings (SSSR count). The Balaban J connectivity index is 2.15. The van der Waals surface area contributed by atoms with Gasteiger partial charge in [0.25, 0.3) is 5.91 Å². The van der Waals surface area contributed by atoms with Crippen LogP contribution in [0, 0.1) is 0 Å². The van der Waals surface area contributed by atoms with Gasteiger partial charge >= 0.3 is 0 Å². The molecule has 0 aliphatic heterocycles. The molecule has 0 aliphatic rings. The van der Waals surface area contributed by atoms with Gasteiger partial charge in [0.15, 0.2) is 0 Å². The number of anilines is 2. The quantitative estimate of drug-likeness (QED) is 0.863. The van der Waals surface area contributed by atoms with Crippen LogP contribution in [0.15, 0.2) is 36.5 Å². The van der Waals surface area contributed by atoms with E-state index in [2.05, 4.69) is 15.6 Å². The minimum atomic E-state index is -0.190. The Morgan fingerprint density at radius 1 is 1.14 bits per heavy atom. The standard InChI is InChI=1S/C15H15Cl2N3O/c1-2-4-19-15(21)14-9-12(3-5-18-14)20-13-7-10(16)6-11(17)8-13/h3,5-9H,2,4H2,1H3,(H,18,20)(H,19,21). The van der Waals surface area contributed by atoms with Crippen LogP contribution in [0.25, 0.3) is 0 Å². The predicted molar refractivity (Wildman–Crippen MR) is 86.6 cm³/mol. The summed E-state index contributed by atoms with van der Waals surface area (Å²) in [5.74, 6) is -0.190. The van der Waals surface area contributed by atoms with Crippen LogP contribution in [0.4, 0.5) is 11.4 Å². The fourth-order valence-corrected chi connectivity index (χ4v) is 2.28. The molecule has 21 heavy (non-hydrogen) atoms. The van der Waals surface area contributed by atoms with E-state index in [0.29, 0.717) is 22.3 Å². The van der Waals surface area contributed by atoms with E-state index in [1.807, 2.05) is 6.92 Å². The summed E-state index contributed by atoms with van der Waals surface area (Å²) in [6.07, 6.45) is 2.46. The van der Waals surface area contributed by atoms with E-state index in [1.54, 1.807) is 36.5 Å². The lowest BCUT2D eigenvalue weighted by atomic mass is 10.2. The van der Waals surface area contributed by atoms with Crippen molar-refractivity contribution in [3.63, 3.8) is 0 Å². The third-order valence-electron chi connectivity index (χ3n) is 2.68. The monoisotopic (exact) mass is 323 g/mol. The van der Waals surface area contributed by atoms with Crippen molar-refractivity contribution in [1.29, 1.82) is 0 Å². The fraction of sp³-hybridized carbons (Fsp3) is 0.200. The normalized spacial score (nSPS) is 10.2. The van der Waals surface area contributed by atoms with E-state index in [1.165, 1.54) is 0 Å². The van der Waals surface area contributed by atoms with Crippen LogP contribution in [0.3, 0.4) is 0 Å². The zero-order valence-electron chi connectivity index (χ0n) is 11.5. The number of carbonyl (C=O) groups is 1. The zero-order valence-corrected chi connectivity index (χ0v) is 13.0. The molecule has 0 unspecified atom stereocenters. The smallest absolute Gasteiger partial charge is 0.269 e. The summed E-state index contributed by atoms with van der Waals surface area (Å²) in [7, 11) is 0. The molecular weight excluding hydrogens is 309 g/mol. The van der Waals surface area contributed by atoms with E-state index in [9.17, 15) is 4.79 Å². The summed E-state index contributed by atoms with van der Waals surface area (Å²) in [5.41, 5.74) is 1.85. The van der Waals surface area contributed by atoms with Crippen molar-refractivity contribution >= 4 is 40.5 Å². The SMILES string of the molecule is CCCNC(=O)c1cc(Nc2cc(Cl)cc(Cl)c2)ccn1. The Hall–Kier alpha value is -1.78. The van der Waals surface area contributed by atoms with Crippen LogP contribution in [0.5, 0.6) is 0 Å². The maximum absolute atomic E-state index is 11.9. The van der Waals surface area contributed by atoms with Crippen molar-refractivity contribution in [3.8, 4) is 0 Å². The molecular formula is C15H15Cl2N3O. The number of aromatic nitrogens is 1. The lowest BCUT2D eigenvalue weighted by molar-refractivity contribution is 0.0949. The van der Waals surface area contributed by atoms with Gasteiger partial charge in [-0.15, -0.1) is 0 Å². The van der Waals surface area contributed by atoms with E-state index in [4.69, 9.17) is 23.2 Å². The molecule has 4 nitrogen and oxygen atoms in total.